The third kappa shape index (κ3) is 6.52. The standard InChI is InChI=1S/C56H47N3O2/c1-54(2,3)40-31-47(43-33-51-49(34-50(43)60)59-53(61-51)55(4,5)6)57-48(32-40)46-24-15-25-52(58-46)56(44-22-12-10-20-41(44)42-21-11-13-23-45(42)56)39-19-14-18-38(30-39)37-28-26-36(27-29-37)35-16-8-7-9-17-35/h7-34,60H,1-6H3. The van der Waals surface area contributed by atoms with E-state index in [1.54, 1.807) is 6.07 Å². The lowest BCUT2D eigenvalue weighted by Gasteiger charge is -2.33. The molecule has 0 amide bonds. The number of aromatic nitrogens is 3. The van der Waals surface area contributed by atoms with Gasteiger partial charge in [0.25, 0.3) is 0 Å². The lowest BCUT2D eigenvalue weighted by atomic mass is 9.69. The summed E-state index contributed by atoms with van der Waals surface area (Å²) in [6.07, 6.45) is 0. The number of benzene rings is 6. The van der Waals surface area contributed by atoms with E-state index in [0.29, 0.717) is 28.2 Å². The Morgan fingerprint density at radius 3 is 1.72 bits per heavy atom. The summed E-state index contributed by atoms with van der Waals surface area (Å²) >= 11 is 0. The smallest absolute Gasteiger partial charge is 0.200 e. The van der Waals surface area contributed by atoms with Crippen LogP contribution in [0.25, 0.3) is 67.1 Å². The average Bonchev–Trinajstić information content (AvgIpc) is 3.84. The third-order valence-electron chi connectivity index (χ3n) is 12.1. The molecule has 5 heteroatoms. The van der Waals surface area contributed by atoms with Crippen LogP contribution in [0, 0.1) is 0 Å². The second-order valence-corrected chi connectivity index (χ2v) is 18.3. The zero-order valence-corrected chi connectivity index (χ0v) is 35.4. The summed E-state index contributed by atoms with van der Waals surface area (Å²) in [4.78, 5) is 15.6. The highest BCUT2D eigenvalue weighted by Crippen LogP contribution is 2.56. The Bertz CT molecular complexity index is 3070. The van der Waals surface area contributed by atoms with Crippen molar-refractivity contribution in [1.82, 2.24) is 15.0 Å². The van der Waals surface area contributed by atoms with Crippen LogP contribution in [-0.4, -0.2) is 20.1 Å². The predicted molar refractivity (Wildman–Crippen MR) is 248 cm³/mol. The SMILES string of the molecule is CC(C)(C)c1cc(-c2cccc(C3(c4cccc(-c5ccc(-c6ccccc6)cc5)c4)c4ccccc4-c4ccccc43)n2)nc(-c2cc3oc(C(C)(C)C)nc3cc2O)c1. The minimum absolute atomic E-state index is 0.0974. The zero-order chi connectivity index (χ0) is 42.1. The maximum absolute atomic E-state index is 11.5. The van der Waals surface area contributed by atoms with Gasteiger partial charge in [0.05, 0.1) is 28.2 Å². The fourth-order valence-corrected chi connectivity index (χ4v) is 8.90. The molecule has 0 bridgehead atoms. The maximum Gasteiger partial charge on any atom is 0.200 e. The molecule has 3 aromatic heterocycles. The van der Waals surface area contributed by atoms with Gasteiger partial charge in [-0.1, -0.05) is 169 Å². The summed E-state index contributed by atoms with van der Waals surface area (Å²) in [7, 11) is 0. The number of rotatable bonds is 6. The van der Waals surface area contributed by atoms with Crippen molar-refractivity contribution in [2.45, 2.75) is 57.8 Å². The molecule has 0 fully saturated rings. The van der Waals surface area contributed by atoms with Gasteiger partial charge in [0.2, 0.25) is 5.89 Å². The summed E-state index contributed by atoms with van der Waals surface area (Å²) in [5.74, 6) is 0.716. The average molecular weight is 794 g/mol. The monoisotopic (exact) mass is 793 g/mol. The van der Waals surface area contributed by atoms with Gasteiger partial charge >= 0.3 is 0 Å². The van der Waals surface area contributed by atoms with Gasteiger partial charge in [-0.3, -0.25) is 0 Å². The molecular formula is C56H47N3O2. The molecule has 0 saturated carbocycles. The number of oxazole rings is 1. The Balaban J connectivity index is 1.15. The van der Waals surface area contributed by atoms with Crippen LogP contribution in [0.1, 0.15) is 75.4 Å². The van der Waals surface area contributed by atoms with E-state index in [2.05, 4.69) is 193 Å². The first-order chi connectivity index (χ1) is 29.4. The van der Waals surface area contributed by atoms with Gasteiger partial charge in [-0.15, -0.1) is 0 Å². The molecule has 1 aliphatic carbocycles. The molecule has 6 aromatic carbocycles. The molecule has 0 atom stereocenters. The normalized spacial score (nSPS) is 13.3. The van der Waals surface area contributed by atoms with Crippen molar-refractivity contribution in [1.29, 1.82) is 0 Å². The molecule has 3 heterocycles. The topological polar surface area (TPSA) is 72.0 Å². The Morgan fingerprint density at radius 2 is 1.05 bits per heavy atom. The number of hydrogen-bond donors (Lipinski definition) is 1. The van der Waals surface area contributed by atoms with Gasteiger partial charge in [-0.2, -0.15) is 0 Å². The highest BCUT2D eigenvalue weighted by Gasteiger charge is 2.47. The quantitative estimate of drug-likeness (QED) is 0.181. The van der Waals surface area contributed by atoms with Crippen molar-refractivity contribution in [2.75, 3.05) is 0 Å². The molecule has 0 unspecified atom stereocenters. The number of pyridine rings is 2. The lowest BCUT2D eigenvalue weighted by Crippen LogP contribution is -2.30. The van der Waals surface area contributed by atoms with Crippen molar-refractivity contribution in [3.05, 3.63) is 204 Å². The fourth-order valence-electron chi connectivity index (χ4n) is 8.90. The molecule has 61 heavy (non-hydrogen) atoms. The third-order valence-corrected chi connectivity index (χ3v) is 12.1. The van der Waals surface area contributed by atoms with E-state index in [9.17, 15) is 5.11 Å². The summed E-state index contributed by atoms with van der Waals surface area (Å²) in [5, 5.41) is 11.5. The van der Waals surface area contributed by atoms with Crippen LogP contribution in [-0.2, 0) is 16.2 Å². The van der Waals surface area contributed by atoms with Gasteiger partial charge < -0.3 is 9.52 Å². The van der Waals surface area contributed by atoms with E-state index < -0.39 is 5.41 Å². The van der Waals surface area contributed by atoms with Crippen molar-refractivity contribution in [3.8, 4) is 61.8 Å². The Kier molecular flexibility index (Phi) is 8.92. The summed E-state index contributed by atoms with van der Waals surface area (Å²) in [5.41, 5.74) is 15.2. The fraction of sp³-hybridized carbons (Fsp3) is 0.161. The molecular weight excluding hydrogens is 747 g/mol. The molecule has 0 spiro atoms. The van der Waals surface area contributed by atoms with Crippen LogP contribution in [0.3, 0.4) is 0 Å². The van der Waals surface area contributed by atoms with Crippen molar-refractivity contribution in [3.63, 3.8) is 0 Å². The molecule has 298 valence electrons. The summed E-state index contributed by atoms with van der Waals surface area (Å²) in [6.45, 7) is 12.8. The first-order valence-corrected chi connectivity index (χ1v) is 21.0. The largest absolute Gasteiger partial charge is 0.507 e. The Morgan fingerprint density at radius 1 is 0.459 bits per heavy atom. The lowest BCUT2D eigenvalue weighted by molar-refractivity contribution is 0.411. The van der Waals surface area contributed by atoms with E-state index in [4.69, 9.17) is 19.4 Å². The van der Waals surface area contributed by atoms with E-state index in [-0.39, 0.29) is 16.6 Å². The summed E-state index contributed by atoms with van der Waals surface area (Å²) < 4.78 is 6.24. The van der Waals surface area contributed by atoms with Crippen molar-refractivity contribution >= 4 is 11.1 Å². The van der Waals surface area contributed by atoms with Crippen molar-refractivity contribution in [2.24, 2.45) is 0 Å². The Hall–Kier alpha value is -7.11. The van der Waals surface area contributed by atoms with Crippen LogP contribution < -0.4 is 0 Å². The van der Waals surface area contributed by atoms with Crippen molar-refractivity contribution < 1.29 is 9.52 Å². The van der Waals surface area contributed by atoms with Crippen LogP contribution in [0.15, 0.2) is 174 Å². The minimum atomic E-state index is -0.728. The maximum atomic E-state index is 11.5. The molecule has 0 saturated heterocycles. The predicted octanol–water partition coefficient (Wildman–Crippen LogP) is 13.9. The second kappa shape index (κ2) is 14.3. The van der Waals surface area contributed by atoms with Crippen LogP contribution in [0.2, 0.25) is 0 Å². The summed E-state index contributed by atoms with van der Waals surface area (Å²) in [6, 6.07) is 59.9. The van der Waals surface area contributed by atoms with E-state index in [1.165, 1.54) is 33.4 Å². The number of hydrogen-bond acceptors (Lipinski definition) is 5. The molecule has 0 aliphatic heterocycles. The van der Waals surface area contributed by atoms with Gasteiger partial charge in [-0.05, 0) is 97.4 Å². The van der Waals surface area contributed by atoms with E-state index >= 15 is 0 Å². The molecule has 1 aliphatic rings. The minimum Gasteiger partial charge on any atom is -0.507 e. The Labute approximate surface area is 357 Å². The number of nitrogens with zero attached hydrogens (tertiary/aromatic N) is 3. The van der Waals surface area contributed by atoms with Gasteiger partial charge in [0.1, 0.15) is 11.3 Å². The molecule has 5 nitrogen and oxygen atoms in total. The highest BCUT2D eigenvalue weighted by atomic mass is 16.3. The number of fused-ring (bicyclic) bond motifs is 4. The van der Waals surface area contributed by atoms with Crippen LogP contribution in [0.4, 0.5) is 0 Å². The molecule has 1 N–H and O–H groups in total. The van der Waals surface area contributed by atoms with E-state index in [0.717, 1.165) is 39.3 Å². The first kappa shape index (κ1) is 38.1. The number of aromatic hydroxyl groups is 1. The number of phenolic OH excluding ortho intramolecular Hbond substituents is 1. The van der Waals surface area contributed by atoms with Gasteiger partial charge in [0, 0.05) is 17.0 Å². The molecule has 9 aromatic rings. The van der Waals surface area contributed by atoms with Gasteiger partial charge in [0.15, 0.2) is 5.58 Å². The van der Waals surface area contributed by atoms with Crippen LogP contribution in [0.5, 0.6) is 5.75 Å². The number of phenols is 1. The van der Waals surface area contributed by atoms with Crippen LogP contribution >= 0.6 is 0 Å². The highest BCUT2D eigenvalue weighted by molar-refractivity contribution is 5.87. The van der Waals surface area contributed by atoms with E-state index in [1.807, 2.05) is 12.1 Å². The molecule has 0 radical (unpaired) electrons. The second-order valence-electron chi connectivity index (χ2n) is 18.3. The van der Waals surface area contributed by atoms with Gasteiger partial charge in [-0.25, -0.2) is 15.0 Å². The zero-order valence-electron chi connectivity index (χ0n) is 35.4. The molecule has 10 rings (SSSR count). The first-order valence-electron chi connectivity index (χ1n) is 21.0.